The van der Waals surface area contributed by atoms with Crippen molar-refractivity contribution in [1.82, 2.24) is 19.7 Å². The summed E-state index contributed by atoms with van der Waals surface area (Å²) >= 11 is 2.53. The number of nitrogens with zero attached hydrogens (tertiary/aromatic N) is 4. The van der Waals surface area contributed by atoms with E-state index in [-0.39, 0.29) is 17.5 Å². The fourth-order valence-electron chi connectivity index (χ4n) is 3.01. The van der Waals surface area contributed by atoms with E-state index in [0.717, 1.165) is 17.0 Å². The average molecular weight is 458 g/mol. The summed E-state index contributed by atoms with van der Waals surface area (Å²) in [6.07, 6.45) is 0. The number of aromatic nitrogens is 4. The summed E-state index contributed by atoms with van der Waals surface area (Å²) in [4.78, 5) is 16.8. The van der Waals surface area contributed by atoms with Gasteiger partial charge in [-0.3, -0.25) is 9.36 Å². The highest BCUT2D eigenvalue weighted by atomic mass is 32.2. The summed E-state index contributed by atoms with van der Waals surface area (Å²) < 4.78 is 21.2. The number of hydrogen-bond acceptors (Lipinski definition) is 7. The summed E-state index contributed by atoms with van der Waals surface area (Å²) in [6.45, 7) is 3.09. The minimum atomic E-state index is -0.329. The predicted molar refractivity (Wildman–Crippen MR) is 121 cm³/mol. The van der Waals surface area contributed by atoms with Crippen LogP contribution in [0.3, 0.4) is 0 Å². The Kier molecular flexibility index (Phi) is 6.59. The van der Waals surface area contributed by atoms with Gasteiger partial charge >= 0.3 is 0 Å². The molecule has 0 unspecified atom stereocenters. The van der Waals surface area contributed by atoms with Crippen molar-refractivity contribution in [2.45, 2.75) is 18.6 Å². The van der Waals surface area contributed by atoms with E-state index in [4.69, 9.17) is 4.74 Å². The van der Waals surface area contributed by atoms with Gasteiger partial charge < -0.3 is 10.1 Å². The second kappa shape index (κ2) is 9.54. The maximum atomic E-state index is 13.4. The van der Waals surface area contributed by atoms with Crippen molar-refractivity contribution in [3.63, 3.8) is 0 Å². The number of nitrogens with one attached hydrogen (secondary N) is 1. The lowest BCUT2D eigenvalue weighted by atomic mass is 10.1. The zero-order chi connectivity index (χ0) is 21.8. The number of methoxy groups -OCH3 is 1. The fraction of sp³-hybridized carbons (Fsp3) is 0.238. The summed E-state index contributed by atoms with van der Waals surface area (Å²) in [5.41, 5.74) is 2.74. The van der Waals surface area contributed by atoms with Crippen molar-refractivity contribution in [3.8, 4) is 11.4 Å². The monoisotopic (exact) mass is 457 g/mol. The molecule has 4 rings (SSSR count). The van der Waals surface area contributed by atoms with Gasteiger partial charge in [-0.2, -0.15) is 0 Å². The summed E-state index contributed by atoms with van der Waals surface area (Å²) in [5, 5.41) is 12.5. The number of benzene rings is 2. The molecule has 2 heterocycles. The number of fused-ring (bicyclic) bond motifs is 1. The van der Waals surface area contributed by atoms with Gasteiger partial charge in [-0.1, -0.05) is 46.9 Å². The van der Waals surface area contributed by atoms with Crippen molar-refractivity contribution in [2.75, 3.05) is 24.8 Å². The highest BCUT2D eigenvalue weighted by Gasteiger charge is 2.16. The van der Waals surface area contributed by atoms with Gasteiger partial charge in [0.2, 0.25) is 5.91 Å². The van der Waals surface area contributed by atoms with Gasteiger partial charge in [0.25, 0.3) is 0 Å². The first kappa shape index (κ1) is 21.4. The Morgan fingerprint density at radius 3 is 2.94 bits per heavy atom. The van der Waals surface area contributed by atoms with Crippen LogP contribution in [0.5, 0.6) is 0 Å². The second-order valence-electron chi connectivity index (χ2n) is 6.79. The van der Waals surface area contributed by atoms with Crippen molar-refractivity contribution < 1.29 is 13.9 Å². The topological polar surface area (TPSA) is 81.9 Å². The number of anilines is 1. The van der Waals surface area contributed by atoms with Crippen molar-refractivity contribution in [2.24, 2.45) is 0 Å². The molecule has 2 aromatic heterocycles. The Morgan fingerprint density at radius 2 is 2.13 bits per heavy atom. The Balaban J connectivity index is 1.47. The largest absolute Gasteiger partial charge is 0.383 e. The molecule has 0 spiro atoms. The van der Waals surface area contributed by atoms with E-state index in [9.17, 15) is 9.18 Å². The van der Waals surface area contributed by atoms with Crippen molar-refractivity contribution in [1.29, 1.82) is 0 Å². The first-order chi connectivity index (χ1) is 15.0. The smallest absolute Gasteiger partial charge is 0.236 e. The molecular weight excluding hydrogens is 437 g/mol. The number of thioether (sulfide) groups is 1. The van der Waals surface area contributed by atoms with Crippen LogP contribution in [-0.2, 0) is 16.1 Å². The van der Waals surface area contributed by atoms with Crippen LogP contribution < -0.4 is 5.32 Å². The maximum Gasteiger partial charge on any atom is 0.236 e. The van der Waals surface area contributed by atoms with Crippen molar-refractivity contribution >= 4 is 44.4 Å². The molecule has 0 saturated carbocycles. The van der Waals surface area contributed by atoms with E-state index in [1.54, 1.807) is 13.2 Å². The summed E-state index contributed by atoms with van der Waals surface area (Å²) in [7, 11) is 1.64. The van der Waals surface area contributed by atoms with Crippen LogP contribution in [0.15, 0.2) is 47.6 Å². The Labute approximate surface area is 186 Å². The van der Waals surface area contributed by atoms with Crippen LogP contribution in [0.4, 0.5) is 9.52 Å². The van der Waals surface area contributed by atoms with Gasteiger partial charge in [0.15, 0.2) is 16.1 Å². The fourth-order valence-corrected chi connectivity index (χ4v) is 4.69. The minimum Gasteiger partial charge on any atom is -0.383 e. The molecule has 7 nitrogen and oxygen atoms in total. The molecule has 160 valence electrons. The Morgan fingerprint density at radius 1 is 1.26 bits per heavy atom. The molecule has 0 fully saturated rings. The van der Waals surface area contributed by atoms with E-state index >= 15 is 0 Å². The molecular formula is C21H20FN5O2S2. The Hall–Kier alpha value is -2.82. The van der Waals surface area contributed by atoms with Gasteiger partial charge in [-0.15, -0.1) is 10.2 Å². The third-order valence-electron chi connectivity index (χ3n) is 4.44. The number of carbonyl (C=O) groups excluding carboxylic acids is 1. The molecule has 4 aromatic rings. The highest BCUT2D eigenvalue weighted by Crippen LogP contribution is 2.28. The third kappa shape index (κ3) is 5.09. The zero-order valence-electron chi connectivity index (χ0n) is 17.0. The molecule has 0 saturated heterocycles. The molecule has 1 amide bonds. The summed E-state index contributed by atoms with van der Waals surface area (Å²) in [6, 6.07) is 12.4. The lowest BCUT2D eigenvalue weighted by Gasteiger charge is -2.10. The molecule has 0 aliphatic rings. The Bertz CT molecular complexity index is 1220. The van der Waals surface area contributed by atoms with Gasteiger partial charge in [0.05, 0.1) is 29.1 Å². The molecule has 10 heteroatoms. The maximum absolute atomic E-state index is 13.4. The van der Waals surface area contributed by atoms with E-state index in [1.807, 2.05) is 35.8 Å². The molecule has 31 heavy (non-hydrogen) atoms. The van der Waals surface area contributed by atoms with Gasteiger partial charge in [-0.05, 0) is 31.2 Å². The number of amides is 1. The van der Waals surface area contributed by atoms with E-state index < -0.39 is 0 Å². The predicted octanol–water partition coefficient (Wildman–Crippen LogP) is 4.38. The number of ether oxygens (including phenoxy) is 1. The molecule has 2 aromatic carbocycles. The summed E-state index contributed by atoms with van der Waals surface area (Å²) in [5.74, 6) is 0.327. The van der Waals surface area contributed by atoms with E-state index in [2.05, 4.69) is 20.5 Å². The van der Waals surface area contributed by atoms with Gasteiger partial charge in [0, 0.05) is 12.7 Å². The number of aryl methyl sites for hydroxylation is 1. The number of rotatable bonds is 8. The number of carbonyl (C=O) groups is 1. The SMILES string of the molecule is COCCn1c(SCC(=O)Nc2nc3ccc(F)cc3s2)nnc1-c1cccc(C)c1. The van der Waals surface area contributed by atoms with Crippen LogP contribution in [0.2, 0.25) is 0 Å². The lowest BCUT2D eigenvalue weighted by molar-refractivity contribution is -0.113. The highest BCUT2D eigenvalue weighted by molar-refractivity contribution is 7.99. The number of halogens is 1. The minimum absolute atomic E-state index is 0.142. The average Bonchev–Trinajstić information content (AvgIpc) is 3.33. The second-order valence-corrected chi connectivity index (χ2v) is 8.76. The van der Waals surface area contributed by atoms with Crippen molar-refractivity contribution in [3.05, 3.63) is 53.8 Å². The van der Waals surface area contributed by atoms with E-state index in [1.165, 1.54) is 35.2 Å². The third-order valence-corrected chi connectivity index (χ3v) is 6.34. The molecule has 0 radical (unpaired) electrons. The normalized spacial score (nSPS) is 11.2. The first-order valence-electron chi connectivity index (χ1n) is 9.51. The van der Waals surface area contributed by atoms with Crippen LogP contribution in [0.1, 0.15) is 5.56 Å². The van der Waals surface area contributed by atoms with E-state index in [0.29, 0.717) is 33.7 Å². The van der Waals surface area contributed by atoms with Crippen LogP contribution in [0, 0.1) is 12.7 Å². The van der Waals surface area contributed by atoms with Crippen LogP contribution in [-0.4, -0.2) is 45.1 Å². The molecule has 0 bridgehead atoms. The standard InChI is InChI=1S/C21H20FN5O2S2/c1-13-4-3-5-14(10-13)19-25-26-21(27(19)8-9-29-2)30-12-18(28)24-20-23-16-7-6-15(22)11-17(16)31-20/h3-7,10-11H,8-9,12H2,1-2H3,(H,23,24,28). The first-order valence-corrected chi connectivity index (χ1v) is 11.3. The molecule has 0 aliphatic heterocycles. The molecule has 0 atom stereocenters. The van der Waals surface area contributed by atoms with Crippen LogP contribution in [0.25, 0.3) is 21.6 Å². The van der Waals surface area contributed by atoms with Gasteiger partial charge in [0.1, 0.15) is 5.82 Å². The quantitative estimate of drug-likeness (QED) is 0.396. The zero-order valence-corrected chi connectivity index (χ0v) is 18.6. The van der Waals surface area contributed by atoms with Gasteiger partial charge in [-0.25, -0.2) is 9.37 Å². The lowest BCUT2D eigenvalue weighted by Crippen LogP contribution is -2.15. The van der Waals surface area contributed by atoms with Crippen LogP contribution >= 0.6 is 23.1 Å². The number of hydrogen-bond donors (Lipinski definition) is 1. The number of thiazole rings is 1. The molecule has 1 N–H and O–H groups in total. The molecule has 0 aliphatic carbocycles.